The van der Waals surface area contributed by atoms with Crippen molar-refractivity contribution in [2.45, 2.75) is 0 Å². The highest BCUT2D eigenvalue weighted by Gasteiger charge is 2.28. The molecule has 4 heteroatoms. The molecule has 12 aromatic carbocycles. The van der Waals surface area contributed by atoms with E-state index in [0.717, 1.165) is 88.0 Å². The fraction of sp³-hybridized carbons (Fsp3) is 0. The molecule has 0 atom stereocenters. The Hall–Kier alpha value is -10.1. The largest absolute Gasteiger partial charge is 0.192 e. The second-order valence-corrected chi connectivity index (χ2v) is 18.4. The fourth-order valence-corrected chi connectivity index (χ4v) is 11.7. The molecule has 0 fully saturated rings. The van der Waals surface area contributed by atoms with E-state index in [-0.39, 0.29) is 0 Å². The highest BCUT2D eigenvalue weighted by atomic mass is 14.3. The first kappa shape index (κ1) is 39.1. The van der Waals surface area contributed by atoms with Gasteiger partial charge in [0, 0.05) is 0 Å². The summed E-state index contributed by atoms with van der Waals surface area (Å²) < 4.78 is 0. The van der Waals surface area contributed by atoms with Gasteiger partial charge in [-0.2, -0.15) is 21.0 Å². The van der Waals surface area contributed by atoms with Gasteiger partial charge in [-0.25, -0.2) is 0 Å². The summed E-state index contributed by atoms with van der Waals surface area (Å²) in [5, 5.41) is 51.7. The number of nitrogens with zero attached hydrogens (tertiary/aromatic N) is 4. The molecule has 0 spiro atoms. The van der Waals surface area contributed by atoms with Gasteiger partial charge in [-0.3, -0.25) is 0 Å². The third-order valence-corrected chi connectivity index (χ3v) is 14.8. The molecule has 12 aromatic rings. The molecule has 0 heterocycles. The maximum absolute atomic E-state index is 10.5. The lowest BCUT2D eigenvalue weighted by atomic mass is 9.82. The van der Waals surface area contributed by atoms with Gasteiger partial charge in [0.1, 0.15) is 0 Å². The molecule has 0 saturated heterocycles. The van der Waals surface area contributed by atoms with Gasteiger partial charge >= 0.3 is 0 Å². The Morgan fingerprint density at radius 3 is 0.843 bits per heavy atom. The first-order valence-corrected chi connectivity index (χ1v) is 23.2. The van der Waals surface area contributed by atoms with Crippen molar-refractivity contribution in [3.8, 4) is 113 Å². The molecule has 14 rings (SSSR count). The maximum atomic E-state index is 10.5. The lowest BCUT2D eigenvalue weighted by Gasteiger charge is -2.21. The summed E-state index contributed by atoms with van der Waals surface area (Å²) in [6.45, 7) is 0. The zero-order valence-electron chi connectivity index (χ0n) is 37.3. The summed E-state index contributed by atoms with van der Waals surface area (Å²) in [6, 6.07) is 77.0. The Morgan fingerprint density at radius 1 is 0.214 bits per heavy atom. The predicted octanol–water partition coefficient (Wildman–Crippen LogP) is 16.9. The van der Waals surface area contributed by atoms with Crippen molar-refractivity contribution in [1.82, 2.24) is 0 Å². The van der Waals surface area contributed by atoms with Gasteiger partial charge in [0.25, 0.3) is 0 Å². The van der Waals surface area contributed by atoms with Crippen molar-refractivity contribution in [2.75, 3.05) is 0 Å². The van der Waals surface area contributed by atoms with Crippen LogP contribution < -0.4 is 0 Å². The number of rotatable bonds is 4. The third-order valence-electron chi connectivity index (χ3n) is 14.8. The van der Waals surface area contributed by atoms with E-state index in [0.29, 0.717) is 22.3 Å². The van der Waals surface area contributed by atoms with Crippen molar-refractivity contribution in [3.05, 3.63) is 216 Å². The molecular formula is C66H32N4. The van der Waals surface area contributed by atoms with Crippen LogP contribution in [0.1, 0.15) is 22.3 Å². The van der Waals surface area contributed by atoms with Gasteiger partial charge < -0.3 is 0 Å². The first-order chi connectivity index (χ1) is 34.5. The smallest absolute Gasteiger partial charge is 0.0991 e. The molecule has 0 bridgehead atoms. The number of nitriles is 4. The zero-order chi connectivity index (χ0) is 46.8. The van der Waals surface area contributed by atoms with Crippen molar-refractivity contribution in [2.24, 2.45) is 0 Å². The quantitative estimate of drug-likeness (QED) is 0.165. The highest BCUT2D eigenvalue weighted by Crippen LogP contribution is 2.55. The van der Waals surface area contributed by atoms with Crippen LogP contribution in [0, 0.1) is 45.3 Å². The van der Waals surface area contributed by atoms with E-state index in [1.54, 1.807) is 0 Å². The molecule has 2 aliphatic rings. The number of benzene rings is 12. The van der Waals surface area contributed by atoms with Gasteiger partial charge in [-0.15, -0.1) is 0 Å². The van der Waals surface area contributed by atoms with Crippen LogP contribution >= 0.6 is 0 Å². The predicted molar refractivity (Wildman–Crippen MR) is 283 cm³/mol. The van der Waals surface area contributed by atoms with Crippen molar-refractivity contribution in [3.63, 3.8) is 0 Å². The molecule has 0 unspecified atom stereocenters. The summed E-state index contributed by atoms with van der Waals surface area (Å²) in [5.74, 6) is 0. The molecule has 0 aromatic heterocycles. The zero-order valence-corrected chi connectivity index (χ0v) is 37.3. The van der Waals surface area contributed by atoms with E-state index in [4.69, 9.17) is 0 Å². The molecule has 2 aliphatic carbocycles. The Balaban J connectivity index is 1.18. The Bertz CT molecular complexity index is 4240. The standard InChI is InChI=1S/C66H32N4/c67-33-37-13-19-41(20-14-37)45-23-17-39(35-69)25-51(45)57-31-64-62-30-56-50-12-4-8-44-6-2-10-48(66(44)50)54(56)28-60(62)58(52-26-40(36-70)18-24-46(52)42-21-15-38(34-68)16-22-42)32-63(64)61-29-55-49-11-3-7-43-5-1-9-47(65(43)49)53(55)27-59(57)61/h1-32H. The van der Waals surface area contributed by atoms with E-state index < -0.39 is 0 Å². The monoisotopic (exact) mass is 880 g/mol. The lowest BCUT2D eigenvalue weighted by Crippen LogP contribution is -1.95. The normalized spacial score (nSPS) is 11.7. The molecule has 70 heavy (non-hydrogen) atoms. The second-order valence-electron chi connectivity index (χ2n) is 18.4. The van der Waals surface area contributed by atoms with Gasteiger partial charge in [0.15, 0.2) is 0 Å². The summed E-state index contributed by atoms with van der Waals surface area (Å²) in [4.78, 5) is 0. The molecule has 4 nitrogen and oxygen atoms in total. The Labute approximate surface area is 402 Å². The molecule has 0 amide bonds. The summed E-state index contributed by atoms with van der Waals surface area (Å²) in [7, 11) is 0. The van der Waals surface area contributed by atoms with Crippen molar-refractivity contribution >= 4 is 53.9 Å². The molecule has 0 N–H and O–H groups in total. The number of hydrogen-bond donors (Lipinski definition) is 0. The van der Waals surface area contributed by atoms with Crippen LogP contribution in [0.5, 0.6) is 0 Å². The molecule has 316 valence electrons. The summed E-state index contributed by atoms with van der Waals surface area (Å²) >= 11 is 0. The second kappa shape index (κ2) is 14.7. The SMILES string of the molecule is N#Cc1ccc(-c2ccc(C#N)cc2-c2cc3c4cc5c(cc4c(-c4cc(C#N)ccc4-c4ccc(C#N)cc4)cc3c3cc4c(cc23)-c2cccc3cccc-4c23)-c2cccc3cccc-5c23)cc1. The molecule has 0 aliphatic heterocycles. The van der Waals surface area contributed by atoms with E-state index in [9.17, 15) is 21.0 Å². The van der Waals surface area contributed by atoms with Crippen LogP contribution in [-0.4, -0.2) is 0 Å². The van der Waals surface area contributed by atoms with Gasteiger partial charge in [0.2, 0.25) is 0 Å². The van der Waals surface area contributed by atoms with Crippen LogP contribution in [-0.2, 0) is 0 Å². The minimum atomic E-state index is 0.551. The third kappa shape index (κ3) is 5.54. The van der Waals surface area contributed by atoms with Gasteiger partial charge in [-0.05, 0) is 228 Å². The number of hydrogen-bond acceptors (Lipinski definition) is 4. The maximum Gasteiger partial charge on any atom is 0.0991 e. The topological polar surface area (TPSA) is 95.2 Å². The van der Waals surface area contributed by atoms with Crippen molar-refractivity contribution in [1.29, 1.82) is 21.0 Å². The molecule has 0 radical (unpaired) electrons. The highest BCUT2D eigenvalue weighted by molar-refractivity contribution is 6.29. The Morgan fingerprint density at radius 2 is 0.500 bits per heavy atom. The van der Waals surface area contributed by atoms with Gasteiger partial charge in [0.05, 0.1) is 46.5 Å². The van der Waals surface area contributed by atoms with E-state index in [1.807, 2.05) is 84.9 Å². The van der Waals surface area contributed by atoms with E-state index in [2.05, 4.69) is 133 Å². The molecular weight excluding hydrogens is 849 g/mol. The van der Waals surface area contributed by atoms with Crippen LogP contribution in [0.15, 0.2) is 194 Å². The van der Waals surface area contributed by atoms with E-state index >= 15 is 0 Å². The van der Waals surface area contributed by atoms with Crippen molar-refractivity contribution < 1.29 is 0 Å². The number of fused-ring (bicyclic) bond motifs is 11. The fourth-order valence-electron chi connectivity index (χ4n) is 11.7. The van der Waals surface area contributed by atoms with E-state index in [1.165, 1.54) is 54.9 Å². The van der Waals surface area contributed by atoms with Crippen LogP contribution in [0.3, 0.4) is 0 Å². The minimum absolute atomic E-state index is 0.551. The summed E-state index contributed by atoms with van der Waals surface area (Å²) in [6.07, 6.45) is 0. The average molecular weight is 881 g/mol. The van der Waals surface area contributed by atoms with Gasteiger partial charge in [-0.1, -0.05) is 109 Å². The molecule has 0 saturated carbocycles. The summed E-state index contributed by atoms with van der Waals surface area (Å²) in [5.41, 5.74) is 19.3. The first-order valence-electron chi connectivity index (χ1n) is 23.2. The van der Waals surface area contributed by atoms with Crippen LogP contribution in [0.2, 0.25) is 0 Å². The Kier molecular flexibility index (Phi) is 8.21. The average Bonchev–Trinajstić information content (AvgIpc) is 3.91. The van der Waals surface area contributed by atoms with Crippen LogP contribution in [0.4, 0.5) is 0 Å². The lowest BCUT2D eigenvalue weighted by molar-refractivity contribution is 1.47. The van der Waals surface area contributed by atoms with Crippen LogP contribution in [0.25, 0.3) is 143 Å². The minimum Gasteiger partial charge on any atom is -0.192 e.